The van der Waals surface area contributed by atoms with Crippen molar-refractivity contribution in [3.63, 3.8) is 0 Å². The van der Waals surface area contributed by atoms with Crippen LogP contribution >= 0.6 is 27.5 Å². The van der Waals surface area contributed by atoms with Gasteiger partial charge in [-0.15, -0.1) is 0 Å². The second-order valence-electron chi connectivity index (χ2n) is 4.29. The topological polar surface area (TPSA) is 43.4 Å². The van der Waals surface area contributed by atoms with E-state index in [0.717, 1.165) is 27.2 Å². The SMILES string of the molecule is Clc1ncc(NCc2cccc3c2OCCO3)cc1Br. The summed E-state index contributed by atoms with van der Waals surface area (Å²) in [4.78, 5) is 4.08. The van der Waals surface area contributed by atoms with Crippen LogP contribution < -0.4 is 14.8 Å². The Morgan fingerprint density at radius 1 is 1.30 bits per heavy atom. The minimum absolute atomic E-state index is 0.448. The number of ether oxygens (including phenoxy) is 2. The van der Waals surface area contributed by atoms with Gasteiger partial charge in [0, 0.05) is 12.1 Å². The molecule has 0 atom stereocenters. The number of nitrogens with zero attached hydrogens (tertiary/aromatic N) is 1. The highest BCUT2D eigenvalue weighted by molar-refractivity contribution is 9.10. The lowest BCUT2D eigenvalue weighted by atomic mass is 10.1. The average molecular weight is 356 g/mol. The smallest absolute Gasteiger partial charge is 0.166 e. The molecule has 0 bridgehead atoms. The molecule has 0 aliphatic carbocycles. The molecule has 4 nitrogen and oxygen atoms in total. The van der Waals surface area contributed by atoms with Gasteiger partial charge in [-0.2, -0.15) is 0 Å². The first-order valence-corrected chi connectivity index (χ1v) is 7.33. The highest BCUT2D eigenvalue weighted by Gasteiger charge is 2.15. The molecule has 104 valence electrons. The number of nitrogens with one attached hydrogen (secondary N) is 1. The van der Waals surface area contributed by atoms with E-state index in [1.54, 1.807) is 6.20 Å². The predicted molar refractivity (Wildman–Crippen MR) is 81.7 cm³/mol. The molecule has 1 N–H and O–H groups in total. The fraction of sp³-hybridized carbons (Fsp3) is 0.214. The molecule has 1 aromatic heterocycles. The van der Waals surface area contributed by atoms with E-state index in [1.165, 1.54) is 0 Å². The van der Waals surface area contributed by atoms with E-state index in [-0.39, 0.29) is 0 Å². The maximum atomic E-state index is 5.87. The normalized spacial score (nSPS) is 13.1. The van der Waals surface area contributed by atoms with Gasteiger partial charge in [-0.05, 0) is 28.1 Å². The van der Waals surface area contributed by atoms with Crippen molar-refractivity contribution in [1.29, 1.82) is 0 Å². The van der Waals surface area contributed by atoms with Gasteiger partial charge in [0.25, 0.3) is 0 Å². The van der Waals surface area contributed by atoms with Crippen molar-refractivity contribution in [3.05, 3.63) is 45.7 Å². The zero-order valence-corrected chi connectivity index (χ0v) is 12.9. The zero-order valence-electron chi connectivity index (χ0n) is 10.5. The van der Waals surface area contributed by atoms with Crippen molar-refractivity contribution < 1.29 is 9.47 Å². The number of pyridine rings is 1. The summed E-state index contributed by atoms with van der Waals surface area (Å²) in [6.45, 7) is 1.80. The number of hydrogen-bond acceptors (Lipinski definition) is 4. The van der Waals surface area contributed by atoms with Crippen molar-refractivity contribution in [2.75, 3.05) is 18.5 Å². The van der Waals surface area contributed by atoms with Crippen LogP contribution in [0.25, 0.3) is 0 Å². The maximum Gasteiger partial charge on any atom is 0.166 e. The van der Waals surface area contributed by atoms with E-state index in [4.69, 9.17) is 21.1 Å². The molecule has 0 unspecified atom stereocenters. The molecule has 0 spiro atoms. The lowest BCUT2D eigenvalue weighted by molar-refractivity contribution is 0.170. The van der Waals surface area contributed by atoms with Crippen molar-refractivity contribution in [1.82, 2.24) is 4.98 Å². The van der Waals surface area contributed by atoms with Crippen molar-refractivity contribution in [2.24, 2.45) is 0 Å². The average Bonchev–Trinajstić information content (AvgIpc) is 2.48. The Morgan fingerprint density at radius 3 is 3.00 bits per heavy atom. The molecule has 2 heterocycles. The van der Waals surface area contributed by atoms with Crippen molar-refractivity contribution in [2.45, 2.75) is 6.54 Å². The Morgan fingerprint density at radius 2 is 2.15 bits per heavy atom. The molecule has 1 aliphatic heterocycles. The molecule has 0 saturated heterocycles. The number of hydrogen-bond donors (Lipinski definition) is 1. The van der Waals surface area contributed by atoms with E-state index in [2.05, 4.69) is 26.2 Å². The largest absolute Gasteiger partial charge is 0.486 e. The Labute approximate surface area is 130 Å². The van der Waals surface area contributed by atoms with E-state index in [1.807, 2.05) is 24.3 Å². The van der Waals surface area contributed by atoms with Crippen LogP contribution in [0.15, 0.2) is 34.9 Å². The van der Waals surface area contributed by atoms with Crippen LogP contribution in [0, 0.1) is 0 Å². The van der Waals surface area contributed by atoms with Crippen LogP contribution in [-0.4, -0.2) is 18.2 Å². The highest BCUT2D eigenvalue weighted by Crippen LogP contribution is 2.34. The lowest BCUT2D eigenvalue weighted by Gasteiger charge is -2.21. The van der Waals surface area contributed by atoms with E-state index >= 15 is 0 Å². The van der Waals surface area contributed by atoms with Gasteiger partial charge in [0.15, 0.2) is 11.5 Å². The molecule has 20 heavy (non-hydrogen) atoms. The number of anilines is 1. The quantitative estimate of drug-likeness (QED) is 0.849. The monoisotopic (exact) mass is 354 g/mol. The minimum atomic E-state index is 0.448. The Kier molecular flexibility index (Phi) is 3.98. The summed E-state index contributed by atoms with van der Waals surface area (Å²) in [6, 6.07) is 7.78. The number of benzene rings is 1. The van der Waals surface area contributed by atoms with Crippen LogP contribution in [0.2, 0.25) is 5.15 Å². The van der Waals surface area contributed by atoms with Crippen LogP contribution in [0.1, 0.15) is 5.56 Å². The molecule has 6 heteroatoms. The van der Waals surface area contributed by atoms with E-state index < -0.39 is 0 Å². The first kappa shape index (κ1) is 13.5. The highest BCUT2D eigenvalue weighted by atomic mass is 79.9. The molecule has 0 fully saturated rings. The summed E-state index contributed by atoms with van der Waals surface area (Å²) < 4.78 is 12.0. The molecule has 0 saturated carbocycles. The van der Waals surface area contributed by atoms with Gasteiger partial charge in [-0.3, -0.25) is 0 Å². The molecule has 1 aliphatic rings. The van der Waals surface area contributed by atoms with E-state index in [0.29, 0.717) is 24.9 Å². The van der Waals surface area contributed by atoms with Crippen LogP contribution in [0.4, 0.5) is 5.69 Å². The van der Waals surface area contributed by atoms with E-state index in [9.17, 15) is 0 Å². The fourth-order valence-electron chi connectivity index (χ4n) is 1.99. The number of rotatable bonds is 3. The van der Waals surface area contributed by atoms with Gasteiger partial charge in [0.2, 0.25) is 0 Å². The Balaban J connectivity index is 1.76. The molecular formula is C14H12BrClN2O2. The minimum Gasteiger partial charge on any atom is -0.486 e. The summed E-state index contributed by atoms with van der Waals surface area (Å²) in [7, 11) is 0. The summed E-state index contributed by atoms with van der Waals surface area (Å²) in [5.74, 6) is 1.61. The third-order valence-corrected chi connectivity index (χ3v) is 4.06. The van der Waals surface area contributed by atoms with Crippen molar-refractivity contribution in [3.8, 4) is 11.5 Å². The maximum absolute atomic E-state index is 5.87. The van der Waals surface area contributed by atoms with Gasteiger partial charge in [0.1, 0.15) is 18.4 Å². The predicted octanol–water partition coefficient (Wildman–Crippen LogP) is 3.88. The number of halogens is 2. The third kappa shape index (κ3) is 2.83. The van der Waals surface area contributed by atoms with Gasteiger partial charge >= 0.3 is 0 Å². The van der Waals surface area contributed by atoms with Crippen molar-refractivity contribution >= 4 is 33.2 Å². The number of para-hydroxylation sites is 1. The molecule has 1 aromatic carbocycles. The summed E-state index contributed by atoms with van der Waals surface area (Å²) >= 11 is 9.22. The van der Waals surface area contributed by atoms with Gasteiger partial charge in [-0.1, -0.05) is 23.7 Å². The summed E-state index contributed by atoms with van der Waals surface area (Å²) in [6.07, 6.45) is 1.69. The molecule has 0 radical (unpaired) electrons. The van der Waals surface area contributed by atoms with Gasteiger partial charge < -0.3 is 14.8 Å². The number of aromatic nitrogens is 1. The molecule has 3 rings (SSSR count). The molecule has 2 aromatic rings. The van der Waals surface area contributed by atoms with Crippen LogP contribution in [0.3, 0.4) is 0 Å². The Bertz CT molecular complexity index is 637. The molecular weight excluding hydrogens is 344 g/mol. The lowest BCUT2D eigenvalue weighted by Crippen LogP contribution is -2.17. The first-order valence-electron chi connectivity index (χ1n) is 6.16. The number of fused-ring (bicyclic) bond motifs is 1. The third-order valence-electron chi connectivity index (χ3n) is 2.93. The fourth-order valence-corrected chi connectivity index (χ4v) is 2.44. The Hall–Kier alpha value is -1.46. The van der Waals surface area contributed by atoms with Gasteiger partial charge in [-0.25, -0.2) is 4.98 Å². The second-order valence-corrected chi connectivity index (χ2v) is 5.50. The standard InChI is InChI=1S/C14H12BrClN2O2/c15-11-6-10(8-18-14(11)16)17-7-9-2-1-3-12-13(9)20-5-4-19-12/h1-3,6,8,17H,4-5,7H2. The summed E-state index contributed by atoms with van der Waals surface area (Å²) in [5.41, 5.74) is 1.93. The molecule has 0 amide bonds. The first-order chi connectivity index (χ1) is 9.74. The van der Waals surface area contributed by atoms with Crippen LogP contribution in [0.5, 0.6) is 11.5 Å². The zero-order chi connectivity index (χ0) is 13.9. The summed E-state index contributed by atoms with van der Waals surface area (Å²) in [5, 5.41) is 3.74. The van der Waals surface area contributed by atoms with Gasteiger partial charge in [0.05, 0.1) is 16.4 Å². The second kappa shape index (κ2) is 5.89. The van der Waals surface area contributed by atoms with Crippen LogP contribution in [-0.2, 0) is 6.54 Å².